The van der Waals surface area contributed by atoms with Gasteiger partial charge in [-0.1, -0.05) is 42.5 Å². The fraction of sp³-hybridized carbons (Fsp3) is 0.500. The van der Waals surface area contributed by atoms with E-state index in [0.29, 0.717) is 13.2 Å². The Morgan fingerprint density at radius 3 is 2.32 bits per heavy atom. The molecule has 6 heteroatoms. The number of rotatable bonds is 10. The summed E-state index contributed by atoms with van der Waals surface area (Å²) < 4.78 is 22.7. The Morgan fingerprint density at radius 2 is 1.77 bits per heavy atom. The van der Waals surface area contributed by atoms with Crippen molar-refractivity contribution in [2.45, 2.75) is 32.7 Å². The molecule has 4 nitrogen and oxygen atoms in total. The van der Waals surface area contributed by atoms with Crippen molar-refractivity contribution in [3.8, 4) is 0 Å². The molecule has 0 bridgehead atoms. The third-order valence-electron chi connectivity index (χ3n) is 2.97. The first-order valence-electron chi connectivity index (χ1n) is 7.44. The summed E-state index contributed by atoms with van der Waals surface area (Å²) in [6, 6.07) is 10.2. The molecule has 0 unspecified atom stereocenters. The standard InChI is InChI=1S/C16H26NO3P.ClH/c1-3-19-21(18,20-4-2)14-8-11-16(17)13-12-15-9-6-5-7-10-15;/h5-11,16H,3-4,12-14,17H2,1-2H3;1H/b11-8+;/t16-;/m1./s1. The van der Waals surface area contributed by atoms with Crippen molar-refractivity contribution >= 4 is 20.0 Å². The summed E-state index contributed by atoms with van der Waals surface area (Å²) in [6.07, 6.45) is 5.75. The number of allylic oxidation sites excluding steroid dienone is 1. The van der Waals surface area contributed by atoms with Crippen LogP contribution >= 0.6 is 20.0 Å². The van der Waals surface area contributed by atoms with Crippen molar-refractivity contribution in [2.75, 3.05) is 19.4 Å². The molecule has 2 N–H and O–H groups in total. The molecule has 1 aromatic carbocycles. The van der Waals surface area contributed by atoms with E-state index >= 15 is 0 Å². The molecule has 0 heterocycles. The fourth-order valence-electron chi connectivity index (χ4n) is 1.98. The smallest absolute Gasteiger partial charge is 0.324 e. The van der Waals surface area contributed by atoms with Gasteiger partial charge in [0.2, 0.25) is 0 Å². The van der Waals surface area contributed by atoms with E-state index in [-0.39, 0.29) is 24.6 Å². The van der Waals surface area contributed by atoms with E-state index in [1.165, 1.54) is 5.56 Å². The Hall–Kier alpha value is -0.640. The van der Waals surface area contributed by atoms with Gasteiger partial charge in [-0.3, -0.25) is 4.57 Å². The lowest BCUT2D eigenvalue weighted by molar-refractivity contribution is 0.222. The highest BCUT2D eigenvalue weighted by molar-refractivity contribution is 7.54. The first-order chi connectivity index (χ1) is 10.1. The van der Waals surface area contributed by atoms with E-state index in [4.69, 9.17) is 14.8 Å². The number of benzene rings is 1. The van der Waals surface area contributed by atoms with E-state index in [1.54, 1.807) is 13.8 Å². The molecule has 0 radical (unpaired) electrons. The van der Waals surface area contributed by atoms with E-state index < -0.39 is 7.60 Å². The minimum absolute atomic E-state index is 0. The van der Waals surface area contributed by atoms with Crippen LogP contribution in [0, 0.1) is 0 Å². The van der Waals surface area contributed by atoms with E-state index in [0.717, 1.165) is 12.8 Å². The van der Waals surface area contributed by atoms with Crippen LogP contribution in [-0.2, 0) is 20.0 Å². The Bertz CT molecular complexity index is 458. The molecule has 22 heavy (non-hydrogen) atoms. The van der Waals surface area contributed by atoms with Crippen molar-refractivity contribution in [3.05, 3.63) is 48.0 Å². The van der Waals surface area contributed by atoms with Gasteiger partial charge in [0.15, 0.2) is 0 Å². The molecule has 0 aromatic heterocycles. The van der Waals surface area contributed by atoms with Crippen molar-refractivity contribution in [1.29, 1.82) is 0 Å². The van der Waals surface area contributed by atoms with Crippen molar-refractivity contribution in [3.63, 3.8) is 0 Å². The van der Waals surface area contributed by atoms with Crippen molar-refractivity contribution < 1.29 is 13.6 Å². The van der Waals surface area contributed by atoms with Gasteiger partial charge in [-0.25, -0.2) is 0 Å². The van der Waals surface area contributed by atoms with Gasteiger partial charge in [0.25, 0.3) is 0 Å². The summed E-state index contributed by atoms with van der Waals surface area (Å²) in [5.41, 5.74) is 7.31. The molecule has 0 aliphatic heterocycles. The first kappa shape index (κ1) is 21.4. The Labute approximate surface area is 140 Å². The predicted molar refractivity (Wildman–Crippen MR) is 94.9 cm³/mol. The van der Waals surface area contributed by atoms with Crippen molar-refractivity contribution in [1.82, 2.24) is 0 Å². The SMILES string of the molecule is CCOP(=O)(C/C=C/[C@@H](N)CCc1ccccc1)OCC.Cl. The number of hydrogen-bond acceptors (Lipinski definition) is 4. The van der Waals surface area contributed by atoms with Gasteiger partial charge in [0.1, 0.15) is 0 Å². The molecule has 0 fully saturated rings. The van der Waals surface area contributed by atoms with Crippen molar-refractivity contribution in [2.24, 2.45) is 5.73 Å². The van der Waals surface area contributed by atoms with Crippen LogP contribution in [0.1, 0.15) is 25.8 Å². The average Bonchev–Trinajstić information content (AvgIpc) is 2.47. The zero-order chi connectivity index (χ0) is 15.6. The second-order valence-electron chi connectivity index (χ2n) is 4.75. The highest BCUT2D eigenvalue weighted by atomic mass is 35.5. The maximum Gasteiger partial charge on any atom is 0.334 e. The lowest BCUT2D eigenvalue weighted by atomic mass is 10.1. The Kier molecular flexibility index (Phi) is 11.5. The van der Waals surface area contributed by atoms with Crippen LogP contribution in [0.3, 0.4) is 0 Å². The van der Waals surface area contributed by atoms with Crippen LogP contribution in [0.25, 0.3) is 0 Å². The van der Waals surface area contributed by atoms with E-state index in [2.05, 4.69) is 12.1 Å². The summed E-state index contributed by atoms with van der Waals surface area (Å²) in [4.78, 5) is 0. The Balaban J connectivity index is 0.00000441. The summed E-state index contributed by atoms with van der Waals surface area (Å²) in [6.45, 7) is 4.37. The van der Waals surface area contributed by atoms with Gasteiger partial charge in [-0.15, -0.1) is 12.4 Å². The average molecular weight is 348 g/mol. The highest BCUT2D eigenvalue weighted by Crippen LogP contribution is 2.47. The highest BCUT2D eigenvalue weighted by Gasteiger charge is 2.21. The number of halogens is 1. The molecule has 0 aliphatic rings. The van der Waals surface area contributed by atoms with Crippen LogP contribution in [0.4, 0.5) is 0 Å². The minimum Gasteiger partial charge on any atom is -0.324 e. The normalized spacial score (nSPS) is 13.0. The molecule has 0 saturated carbocycles. The molecule has 0 aliphatic carbocycles. The third-order valence-corrected chi connectivity index (χ3v) is 4.93. The molecule has 1 aromatic rings. The van der Waals surface area contributed by atoms with Gasteiger partial charge in [-0.2, -0.15) is 0 Å². The number of hydrogen-bond donors (Lipinski definition) is 1. The van der Waals surface area contributed by atoms with E-state index in [1.807, 2.05) is 30.4 Å². The molecule has 1 rings (SSSR count). The van der Waals surface area contributed by atoms with Gasteiger partial charge >= 0.3 is 7.60 Å². The summed E-state index contributed by atoms with van der Waals surface area (Å²) in [7, 11) is -2.99. The van der Waals surface area contributed by atoms with Gasteiger partial charge in [-0.05, 0) is 32.3 Å². The zero-order valence-electron chi connectivity index (χ0n) is 13.3. The second kappa shape index (κ2) is 11.9. The molecule has 1 atom stereocenters. The van der Waals surface area contributed by atoms with Crippen LogP contribution < -0.4 is 5.73 Å². The minimum atomic E-state index is -2.99. The zero-order valence-corrected chi connectivity index (χ0v) is 15.0. The molecular weight excluding hydrogens is 321 g/mol. The third kappa shape index (κ3) is 8.72. The Morgan fingerprint density at radius 1 is 1.18 bits per heavy atom. The van der Waals surface area contributed by atoms with Gasteiger partial charge in [0, 0.05) is 6.04 Å². The maximum absolute atomic E-state index is 12.2. The topological polar surface area (TPSA) is 61.5 Å². The quantitative estimate of drug-likeness (QED) is 0.509. The number of aryl methyl sites for hydroxylation is 1. The summed E-state index contributed by atoms with van der Waals surface area (Å²) >= 11 is 0. The lowest BCUT2D eigenvalue weighted by Gasteiger charge is -2.15. The molecular formula is C16H27ClNO3P. The molecule has 0 amide bonds. The van der Waals surface area contributed by atoms with Crippen LogP contribution in [-0.4, -0.2) is 25.4 Å². The largest absolute Gasteiger partial charge is 0.334 e. The lowest BCUT2D eigenvalue weighted by Crippen LogP contribution is -2.17. The second-order valence-corrected chi connectivity index (χ2v) is 6.85. The van der Waals surface area contributed by atoms with E-state index in [9.17, 15) is 4.57 Å². The first-order valence-corrected chi connectivity index (χ1v) is 9.16. The molecule has 0 saturated heterocycles. The molecule has 126 valence electrons. The maximum atomic E-state index is 12.2. The van der Waals surface area contributed by atoms with Crippen LogP contribution in [0.15, 0.2) is 42.5 Å². The summed E-state index contributed by atoms with van der Waals surface area (Å²) in [5.74, 6) is 0. The predicted octanol–water partition coefficient (Wildman–Crippen LogP) is 4.19. The van der Waals surface area contributed by atoms with Gasteiger partial charge < -0.3 is 14.8 Å². The van der Waals surface area contributed by atoms with Gasteiger partial charge in [0.05, 0.1) is 19.4 Å². The van der Waals surface area contributed by atoms with Crippen LogP contribution in [0.5, 0.6) is 0 Å². The molecule has 0 spiro atoms. The summed E-state index contributed by atoms with van der Waals surface area (Å²) in [5, 5.41) is 0. The fourth-order valence-corrected chi connectivity index (χ4v) is 3.43. The number of nitrogens with two attached hydrogens (primary N) is 1. The van der Waals surface area contributed by atoms with Crippen LogP contribution in [0.2, 0.25) is 0 Å². The monoisotopic (exact) mass is 347 g/mol.